The van der Waals surface area contributed by atoms with Crippen molar-refractivity contribution in [2.75, 3.05) is 12.3 Å². The number of nitrogens with one attached hydrogen (secondary N) is 2. The van der Waals surface area contributed by atoms with Crippen LogP contribution in [0.3, 0.4) is 0 Å². The van der Waals surface area contributed by atoms with E-state index in [-0.39, 0.29) is 23.6 Å². The Morgan fingerprint density at radius 1 is 1.16 bits per heavy atom. The maximum absolute atomic E-state index is 12.7. The van der Waals surface area contributed by atoms with Crippen molar-refractivity contribution in [1.29, 1.82) is 0 Å². The van der Waals surface area contributed by atoms with Gasteiger partial charge < -0.3 is 0 Å². The molecule has 1 aromatic rings. The molecule has 0 fully saturated rings. The zero-order chi connectivity index (χ0) is 19.5. The Bertz CT molecular complexity index is 717. The molecular formula is C18H32N2O3SSn. The Labute approximate surface area is 156 Å². The number of amides is 1. The zero-order valence-corrected chi connectivity index (χ0v) is 20.2. The molecule has 0 saturated carbocycles. The third kappa shape index (κ3) is 6.56. The van der Waals surface area contributed by atoms with Gasteiger partial charge in [-0.05, 0) is 0 Å². The molecule has 5 nitrogen and oxygen atoms in total. The minimum absolute atomic E-state index is 0.00614. The topological polar surface area (TPSA) is 75.3 Å². The maximum atomic E-state index is 12.7. The number of hydrazine groups is 1. The van der Waals surface area contributed by atoms with Gasteiger partial charge in [0.1, 0.15) is 0 Å². The molecule has 0 saturated heterocycles. The van der Waals surface area contributed by atoms with Gasteiger partial charge in [-0.25, -0.2) is 0 Å². The summed E-state index contributed by atoms with van der Waals surface area (Å²) in [7, 11) is -3.39. The Balaban J connectivity index is 3.07. The Kier molecular flexibility index (Phi) is 7.53. The van der Waals surface area contributed by atoms with Crippen molar-refractivity contribution in [2.45, 2.75) is 59.2 Å². The van der Waals surface area contributed by atoms with Crippen molar-refractivity contribution in [3.8, 4) is 0 Å². The van der Waals surface area contributed by atoms with Gasteiger partial charge in [-0.1, -0.05) is 0 Å². The third-order valence-corrected chi connectivity index (χ3v) is 11.5. The van der Waals surface area contributed by atoms with Crippen molar-refractivity contribution >= 4 is 37.7 Å². The van der Waals surface area contributed by atoms with Crippen LogP contribution in [-0.2, 0) is 20.0 Å². The average Bonchev–Trinajstić information content (AvgIpc) is 2.49. The van der Waals surface area contributed by atoms with Crippen molar-refractivity contribution in [3.63, 3.8) is 0 Å². The van der Waals surface area contributed by atoms with E-state index in [1.807, 2.05) is 12.1 Å². The molecule has 7 heteroatoms. The summed E-state index contributed by atoms with van der Waals surface area (Å²) in [4.78, 5) is 18.5. The summed E-state index contributed by atoms with van der Waals surface area (Å²) >= 11 is -2.48. The molecule has 0 bridgehead atoms. The monoisotopic (exact) mass is 476 g/mol. The fraction of sp³-hybridized carbons (Fsp3) is 0.611. The average molecular weight is 475 g/mol. The number of hydrogen-bond donors (Lipinski definition) is 2. The first-order valence-electron chi connectivity index (χ1n) is 8.68. The van der Waals surface area contributed by atoms with E-state index in [9.17, 15) is 13.2 Å². The molecule has 1 aromatic carbocycles. The number of sulfone groups is 1. The van der Waals surface area contributed by atoms with Gasteiger partial charge in [0.15, 0.2) is 0 Å². The van der Waals surface area contributed by atoms with E-state index in [0.29, 0.717) is 11.3 Å². The van der Waals surface area contributed by atoms with Crippen LogP contribution in [0.5, 0.6) is 0 Å². The van der Waals surface area contributed by atoms with E-state index >= 15 is 0 Å². The van der Waals surface area contributed by atoms with Crippen LogP contribution in [0.4, 0.5) is 0 Å². The first-order chi connectivity index (χ1) is 11.3. The molecule has 0 spiro atoms. The van der Waals surface area contributed by atoms with Crippen molar-refractivity contribution in [1.82, 2.24) is 10.9 Å². The number of hydrogen-bond acceptors (Lipinski definition) is 4. The van der Waals surface area contributed by atoms with Crippen LogP contribution in [-0.4, -0.2) is 45.0 Å². The molecule has 1 rings (SSSR count). The fourth-order valence-corrected chi connectivity index (χ4v) is 9.32. The molecule has 0 aliphatic heterocycles. The Morgan fingerprint density at radius 3 is 2.24 bits per heavy atom. The summed E-state index contributed by atoms with van der Waals surface area (Å²) in [6.07, 6.45) is 0.357. The summed E-state index contributed by atoms with van der Waals surface area (Å²) in [5.41, 5.74) is 6.40. The van der Waals surface area contributed by atoms with E-state index in [1.54, 1.807) is 13.0 Å². The van der Waals surface area contributed by atoms with Gasteiger partial charge in [0.25, 0.3) is 0 Å². The van der Waals surface area contributed by atoms with Gasteiger partial charge in [0.05, 0.1) is 0 Å². The van der Waals surface area contributed by atoms with Crippen molar-refractivity contribution in [2.24, 2.45) is 0 Å². The van der Waals surface area contributed by atoms with Gasteiger partial charge >= 0.3 is 157 Å². The van der Waals surface area contributed by atoms with Crippen molar-refractivity contribution < 1.29 is 13.2 Å². The third-order valence-electron chi connectivity index (χ3n) is 4.01. The second-order valence-electron chi connectivity index (χ2n) is 8.35. The first-order valence-corrected chi connectivity index (χ1v) is 20.3. The van der Waals surface area contributed by atoms with E-state index in [0.717, 1.165) is 0 Å². The molecule has 0 unspecified atom stereocenters. The second-order valence-corrected chi connectivity index (χ2v) is 24.8. The summed E-state index contributed by atoms with van der Waals surface area (Å²) in [6.45, 7) is 8.42. The molecule has 0 aliphatic carbocycles. The van der Waals surface area contributed by atoms with Crippen LogP contribution >= 0.6 is 0 Å². The van der Waals surface area contributed by atoms with Crippen LogP contribution in [0.15, 0.2) is 23.1 Å². The Morgan fingerprint density at radius 2 is 1.76 bits per heavy atom. The molecule has 2 N–H and O–H groups in total. The van der Waals surface area contributed by atoms with Crippen LogP contribution in [0, 0.1) is 0 Å². The molecule has 1 amide bonds. The summed E-state index contributed by atoms with van der Waals surface area (Å²) < 4.78 is 26.6. The number of carbonyl (C=O) groups is 1. The van der Waals surface area contributed by atoms with Gasteiger partial charge in [0, 0.05) is 0 Å². The normalized spacial score (nSPS) is 12.9. The van der Waals surface area contributed by atoms with Gasteiger partial charge in [-0.3, -0.25) is 0 Å². The van der Waals surface area contributed by atoms with Crippen LogP contribution < -0.4 is 14.4 Å². The predicted molar refractivity (Wildman–Crippen MR) is 107 cm³/mol. The minimum atomic E-state index is -3.39. The fourth-order valence-electron chi connectivity index (χ4n) is 2.54. The molecule has 25 heavy (non-hydrogen) atoms. The molecular weight excluding hydrogens is 443 g/mol. The predicted octanol–water partition coefficient (Wildman–Crippen LogP) is 2.33. The van der Waals surface area contributed by atoms with E-state index < -0.39 is 28.2 Å². The summed E-state index contributed by atoms with van der Waals surface area (Å²) in [6, 6.07) is 5.61. The van der Waals surface area contributed by atoms with E-state index in [2.05, 4.69) is 46.4 Å². The molecule has 0 radical (unpaired) electrons. The van der Waals surface area contributed by atoms with Gasteiger partial charge in [0.2, 0.25) is 0 Å². The van der Waals surface area contributed by atoms with Crippen LogP contribution in [0.1, 0.15) is 39.7 Å². The van der Waals surface area contributed by atoms with Crippen LogP contribution in [0.25, 0.3) is 0 Å². The standard InChI is InChI=1S/C15H23N2O3S.3CH3.Sn/c1-5-14(18)17-16-10-11-21(19,20)13-8-6-12(7-9-13)15(2,3)4;;;;/h6,8-9,16H,5,10-11H2,1-4H3,(H,17,18);3*1H3;. The SMILES string of the molecule is CCC(=O)NNCCS(=O)(=O)c1ccc(C(C)(C)C)[c]([Sn]([CH3])([CH3])[CH3])c1. The van der Waals surface area contributed by atoms with Crippen molar-refractivity contribution in [3.05, 3.63) is 23.8 Å². The molecule has 142 valence electrons. The van der Waals surface area contributed by atoms with E-state index in [1.165, 1.54) is 9.14 Å². The molecule has 0 aromatic heterocycles. The zero-order valence-electron chi connectivity index (χ0n) is 16.5. The van der Waals surface area contributed by atoms with Gasteiger partial charge in [-0.15, -0.1) is 0 Å². The van der Waals surface area contributed by atoms with Gasteiger partial charge in [-0.2, -0.15) is 0 Å². The quantitative estimate of drug-likeness (QED) is 0.361. The molecule has 0 aliphatic rings. The molecule has 0 atom stereocenters. The summed E-state index contributed by atoms with van der Waals surface area (Å²) in [5.74, 6) is -0.207. The number of benzene rings is 1. The Hall–Kier alpha value is -0.601. The number of rotatable bonds is 7. The molecule has 0 heterocycles. The number of carbonyl (C=O) groups excluding carboxylic acids is 1. The first kappa shape index (κ1) is 22.4. The van der Waals surface area contributed by atoms with Crippen LogP contribution in [0.2, 0.25) is 14.8 Å². The second kappa shape index (κ2) is 8.39. The van der Waals surface area contributed by atoms with E-state index in [4.69, 9.17) is 0 Å². The summed E-state index contributed by atoms with van der Waals surface area (Å²) in [5, 5.41) is 0.